The van der Waals surface area contributed by atoms with Crippen molar-refractivity contribution in [2.75, 3.05) is 32.1 Å². The van der Waals surface area contributed by atoms with E-state index in [1.54, 1.807) is 30.5 Å². The number of piperidine rings is 1. The Morgan fingerprint density at radius 1 is 1.18 bits per heavy atom. The zero-order chi connectivity index (χ0) is 23.4. The topological polar surface area (TPSA) is 67.3 Å². The van der Waals surface area contributed by atoms with Crippen molar-refractivity contribution in [3.8, 4) is 5.88 Å². The molecule has 9 heteroatoms. The first-order valence-corrected chi connectivity index (χ1v) is 10.8. The minimum absolute atomic E-state index is 0.0651. The van der Waals surface area contributed by atoms with Gasteiger partial charge in [-0.2, -0.15) is 13.2 Å². The number of halogens is 3. The molecule has 2 aromatic heterocycles. The largest absolute Gasteiger partial charge is 0.481 e. The molecule has 0 saturated carbocycles. The Hall–Kier alpha value is -3.20. The van der Waals surface area contributed by atoms with Crippen LogP contribution in [-0.4, -0.2) is 47.5 Å². The van der Waals surface area contributed by atoms with Crippen LogP contribution in [-0.2, 0) is 17.4 Å². The first-order chi connectivity index (χ1) is 15.8. The van der Waals surface area contributed by atoms with Gasteiger partial charge in [-0.1, -0.05) is 18.2 Å². The van der Waals surface area contributed by atoms with E-state index in [2.05, 4.69) is 20.2 Å². The lowest BCUT2D eigenvalue weighted by molar-refractivity contribution is -0.137. The van der Waals surface area contributed by atoms with E-state index >= 15 is 0 Å². The van der Waals surface area contributed by atoms with Crippen molar-refractivity contribution in [3.63, 3.8) is 0 Å². The van der Waals surface area contributed by atoms with Crippen LogP contribution in [0.1, 0.15) is 24.0 Å². The summed E-state index contributed by atoms with van der Waals surface area (Å²) in [6.07, 6.45) is -0.787. The van der Waals surface area contributed by atoms with Gasteiger partial charge in [0.1, 0.15) is 5.52 Å². The van der Waals surface area contributed by atoms with Gasteiger partial charge >= 0.3 is 6.18 Å². The number of nitrogens with zero attached hydrogens (tertiary/aromatic N) is 3. The molecule has 0 atom stereocenters. The fourth-order valence-corrected chi connectivity index (χ4v) is 4.07. The van der Waals surface area contributed by atoms with E-state index in [1.807, 2.05) is 0 Å². The molecule has 0 aliphatic carbocycles. The SMILES string of the molecule is COc1ccc2nccc(NC(=O)C3CCN(CCc4cccc(C(F)(F)F)c4)CC3)c2n1. The Bertz CT molecular complexity index is 1130. The molecule has 0 bridgehead atoms. The monoisotopic (exact) mass is 458 g/mol. The molecule has 1 aliphatic heterocycles. The molecule has 3 heterocycles. The summed E-state index contributed by atoms with van der Waals surface area (Å²) in [6, 6.07) is 10.7. The van der Waals surface area contributed by atoms with Crippen LogP contribution in [0.2, 0.25) is 0 Å². The van der Waals surface area contributed by atoms with Crippen LogP contribution in [0.15, 0.2) is 48.7 Å². The van der Waals surface area contributed by atoms with E-state index in [-0.39, 0.29) is 11.8 Å². The zero-order valence-corrected chi connectivity index (χ0v) is 18.2. The molecule has 4 rings (SSSR count). The number of nitrogens with one attached hydrogen (secondary N) is 1. The Morgan fingerprint density at radius 2 is 1.97 bits per heavy atom. The maximum atomic E-state index is 12.9. The van der Waals surface area contributed by atoms with Crippen molar-refractivity contribution in [2.24, 2.45) is 5.92 Å². The number of alkyl halides is 3. The highest BCUT2D eigenvalue weighted by Crippen LogP contribution is 2.30. The quantitative estimate of drug-likeness (QED) is 0.587. The van der Waals surface area contributed by atoms with Gasteiger partial charge in [0.2, 0.25) is 11.8 Å². The van der Waals surface area contributed by atoms with Gasteiger partial charge in [-0.25, -0.2) is 4.98 Å². The first-order valence-electron chi connectivity index (χ1n) is 10.8. The van der Waals surface area contributed by atoms with Crippen LogP contribution in [0.3, 0.4) is 0 Å². The molecular formula is C24H25F3N4O2. The number of rotatable bonds is 6. The smallest absolute Gasteiger partial charge is 0.416 e. The normalized spacial score (nSPS) is 15.5. The lowest BCUT2D eigenvalue weighted by Gasteiger charge is -2.31. The number of hydrogen-bond donors (Lipinski definition) is 1. The molecule has 6 nitrogen and oxygen atoms in total. The molecular weight excluding hydrogens is 433 g/mol. The maximum absolute atomic E-state index is 12.9. The number of anilines is 1. The standard InChI is InChI=1S/C24H25F3N4O2/c1-33-21-6-5-19-22(30-21)20(7-11-28-19)29-23(32)17-9-13-31(14-10-17)12-8-16-3-2-4-18(15-16)24(25,26)27/h2-7,11,15,17H,8-10,12-14H2,1H3,(H,28,29,32). The molecule has 1 N–H and O–H groups in total. The number of likely N-dealkylation sites (tertiary alicyclic amines) is 1. The van der Waals surface area contributed by atoms with Gasteiger partial charge in [-0.15, -0.1) is 0 Å². The molecule has 33 heavy (non-hydrogen) atoms. The number of carbonyl (C=O) groups is 1. The second-order valence-electron chi connectivity index (χ2n) is 8.13. The van der Waals surface area contributed by atoms with Gasteiger partial charge in [-0.3, -0.25) is 9.78 Å². The van der Waals surface area contributed by atoms with E-state index in [0.29, 0.717) is 54.0 Å². The number of amides is 1. The summed E-state index contributed by atoms with van der Waals surface area (Å²) in [5.41, 5.74) is 1.88. The molecule has 1 aliphatic rings. The minimum Gasteiger partial charge on any atom is -0.481 e. The van der Waals surface area contributed by atoms with E-state index in [1.165, 1.54) is 19.2 Å². The molecule has 1 saturated heterocycles. The fraction of sp³-hybridized carbons (Fsp3) is 0.375. The van der Waals surface area contributed by atoms with Crippen LogP contribution < -0.4 is 10.1 Å². The van der Waals surface area contributed by atoms with Crippen molar-refractivity contribution in [2.45, 2.75) is 25.4 Å². The maximum Gasteiger partial charge on any atom is 0.416 e. The molecule has 174 valence electrons. The summed E-state index contributed by atoms with van der Waals surface area (Å²) in [5, 5.41) is 2.98. The molecule has 0 radical (unpaired) electrons. The van der Waals surface area contributed by atoms with E-state index in [4.69, 9.17) is 4.74 Å². The highest BCUT2D eigenvalue weighted by Gasteiger charge is 2.30. The number of hydrogen-bond acceptors (Lipinski definition) is 5. The summed E-state index contributed by atoms with van der Waals surface area (Å²) in [7, 11) is 1.53. The zero-order valence-electron chi connectivity index (χ0n) is 18.2. The van der Waals surface area contributed by atoms with Gasteiger partial charge in [0.25, 0.3) is 0 Å². The third-order valence-electron chi connectivity index (χ3n) is 5.95. The predicted molar refractivity (Wildman–Crippen MR) is 119 cm³/mol. The number of benzene rings is 1. The molecule has 1 amide bonds. The summed E-state index contributed by atoms with van der Waals surface area (Å²) in [5.74, 6) is 0.244. The van der Waals surface area contributed by atoms with E-state index in [0.717, 1.165) is 19.2 Å². The van der Waals surface area contributed by atoms with Gasteiger partial charge in [0, 0.05) is 24.7 Å². The highest BCUT2D eigenvalue weighted by atomic mass is 19.4. The first kappa shape index (κ1) is 23.0. The highest BCUT2D eigenvalue weighted by molar-refractivity contribution is 6.00. The van der Waals surface area contributed by atoms with Gasteiger partial charge in [-0.05, 0) is 56.1 Å². The molecule has 1 aromatic carbocycles. The molecule has 3 aromatic rings. The van der Waals surface area contributed by atoms with Crippen molar-refractivity contribution in [3.05, 3.63) is 59.8 Å². The Kier molecular flexibility index (Phi) is 6.78. The van der Waals surface area contributed by atoms with E-state index < -0.39 is 11.7 Å². The van der Waals surface area contributed by atoms with Crippen LogP contribution in [0.5, 0.6) is 5.88 Å². The van der Waals surface area contributed by atoms with Crippen LogP contribution in [0.25, 0.3) is 11.0 Å². The van der Waals surface area contributed by atoms with Gasteiger partial charge in [0.15, 0.2) is 0 Å². The van der Waals surface area contributed by atoms with Crippen LogP contribution in [0, 0.1) is 5.92 Å². The minimum atomic E-state index is -4.33. The summed E-state index contributed by atoms with van der Waals surface area (Å²) in [4.78, 5) is 23.7. The Labute approximate surface area is 189 Å². The van der Waals surface area contributed by atoms with Crippen molar-refractivity contribution in [1.82, 2.24) is 14.9 Å². The van der Waals surface area contributed by atoms with Crippen molar-refractivity contribution >= 4 is 22.6 Å². The summed E-state index contributed by atoms with van der Waals surface area (Å²) >= 11 is 0. The van der Waals surface area contributed by atoms with Crippen LogP contribution in [0.4, 0.5) is 18.9 Å². The van der Waals surface area contributed by atoms with Crippen LogP contribution >= 0.6 is 0 Å². The number of fused-ring (bicyclic) bond motifs is 1. The lowest BCUT2D eigenvalue weighted by Crippen LogP contribution is -2.39. The number of ether oxygens (including phenoxy) is 1. The second kappa shape index (κ2) is 9.74. The third-order valence-corrected chi connectivity index (χ3v) is 5.95. The van der Waals surface area contributed by atoms with Crippen molar-refractivity contribution < 1.29 is 22.7 Å². The number of pyridine rings is 2. The fourth-order valence-electron chi connectivity index (χ4n) is 4.07. The Balaban J connectivity index is 1.31. The third kappa shape index (κ3) is 5.60. The van der Waals surface area contributed by atoms with E-state index in [9.17, 15) is 18.0 Å². The lowest BCUT2D eigenvalue weighted by atomic mass is 9.95. The number of aromatic nitrogens is 2. The molecule has 0 spiro atoms. The number of methoxy groups -OCH3 is 1. The predicted octanol–water partition coefficient (Wildman–Crippen LogP) is 4.55. The average Bonchev–Trinajstić information content (AvgIpc) is 2.82. The second-order valence-corrected chi connectivity index (χ2v) is 8.13. The summed E-state index contributed by atoms with van der Waals surface area (Å²) in [6.45, 7) is 2.11. The molecule has 1 fully saturated rings. The van der Waals surface area contributed by atoms with Crippen molar-refractivity contribution in [1.29, 1.82) is 0 Å². The number of carbonyl (C=O) groups excluding carboxylic acids is 1. The average molecular weight is 458 g/mol. The molecule has 0 unspecified atom stereocenters. The summed E-state index contributed by atoms with van der Waals surface area (Å²) < 4.78 is 43.9. The Morgan fingerprint density at radius 3 is 2.70 bits per heavy atom. The van der Waals surface area contributed by atoms with Gasteiger partial charge < -0.3 is 15.0 Å². The van der Waals surface area contributed by atoms with Gasteiger partial charge in [0.05, 0.1) is 23.9 Å².